The van der Waals surface area contributed by atoms with Crippen LogP contribution in [0.5, 0.6) is 0 Å². The number of aromatic amines is 1. The third-order valence-corrected chi connectivity index (χ3v) is 2.51. The molecule has 4 heteroatoms. The standard InChI is InChI=1S/C12H14ClN3/c1-16(2)8-11-7-12(15-14-11)9-3-5-10(13)6-4-9/h3-7H,8H2,1-2H3,(H,14,15). The molecule has 1 N–H and O–H groups in total. The summed E-state index contributed by atoms with van der Waals surface area (Å²) in [6, 6.07) is 9.74. The molecule has 2 rings (SSSR count). The minimum Gasteiger partial charge on any atom is -0.304 e. The van der Waals surface area contributed by atoms with E-state index in [0.29, 0.717) is 0 Å². The Morgan fingerprint density at radius 3 is 2.56 bits per heavy atom. The fourth-order valence-corrected chi connectivity index (χ4v) is 1.68. The summed E-state index contributed by atoms with van der Waals surface area (Å²) < 4.78 is 0. The highest BCUT2D eigenvalue weighted by atomic mass is 35.5. The van der Waals surface area contributed by atoms with Crippen LogP contribution >= 0.6 is 11.6 Å². The summed E-state index contributed by atoms with van der Waals surface area (Å²) in [5, 5.41) is 8.04. The summed E-state index contributed by atoms with van der Waals surface area (Å²) in [7, 11) is 4.06. The van der Waals surface area contributed by atoms with Crippen LogP contribution < -0.4 is 0 Å². The molecule has 0 spiro atoms. The summed E-state index contributed by atoms with van der Waals surface area (Å²) in [4.78, 5) is 2.10. The Hall–Kier alpha value is -1.32. The average molecular weight is 236 g/mol. The van der Waals surface area contributed by atoms with Gasteiger partial charge in [-0.1, -0.05) is 23.7 Å². The monoisotopic (exact) mass is 235 g/mol. The van der Waals surface area contributed by atoms with E-state index in [1.165, 1.54) is 0 Å². The van der Waals surface area contributed by atoms with Gasteiger partial charge >= 0.3 is 0 Å². The van der Waals surface area contributed by atoms with Crippen LogP contribution in [-0.4, -0.2) is 29.2 Å². The van der Waals surface area contributed by atoms with Crippen molar-refractivity contribution in [2.75, 3.05) is 14.1 Å². The average Bonchev–Trinajstić information content (AvgIpc) is 2.66. The van der Waals surface area contributed by atoms with E-state index in [9.17, 15) is 0 Å². The molecule has 1 aromatic heterocycles. The molecule has 1 heterocycles. The molecule has 84 valence electrons. The predicted octanol–water partition coefficient (Wildman–Crippen LogP) is 2.79. The number of H-pyrrole nitrogens is 1. The highest BCUT2D eigenvalue weighted by Crippen LogP contribution is 2.20. The summed E-state index contributed by atoms with van der Waals surface area (Å²) in [6.45, 7) is 0.862. The second-order valence-corrected chi connectivity index (χ2v) is 4.46. The molecule has 0 fully saturated rings. The Kier molecular flexibility index (Phi) is 3.27. The maximum Gasteiger partial charge on any atom is 0.0924 e. The SMILES string of the molecule is CN(C)Cc1cc(-c2ccc(Cl)cc2)n[nH]1. The molecule has 3 nitrogen and oxygen atoms in total. The number of nitrogens with one attached hydrogen (secondary N) is 1. The normalized spacial score (nSPS) is 11.0. The first-order chi connectivity index (χ1) is 7.65. The van der Waals surface area contributed by atoms with Gasteiger partial charge in [0.2, 0.25) is 0 Å². The van der Waals surface area contributed by atoms with E-state index in [2.05, 4.69) is 21.2 Å². The molecular formula is C12H14ClN3. The molecule has 0 unspecified atom stereocenters. The molecule has 0 saturated carbocycles. The fraction of sp³-hybridized carbons (Fsp3) is 0.250. The fourth-order valence-electron chi connectivity index (χ4n) is 1.55. The van der Waals surface area contributed by atoms with Crippen molar-refractivity contribution in [3.05, 3.63) is 41.0 Å². The molecule has 0 saturated heterocycles. The van der Waals surface area contributed by atoms with Crippen LogP contribution in [0.1, 0.15) is 5.69 Å². The zero-order chi connectivity index (χ0) is 11.5. The predicted molar refractivity (Wildman–Crippen MR) is 66.4 cm³/mol. The van der Waals surface area contributed by atoms with Crippen molar-refractivity contribution < 1.29 is 0 Å². The van der Waals surface area contributed by atoms with Gasteiger partial charge in [0.1, 0.15) is 0 Å². The molecule has 0 aliphatic heterocycles. The third-order valence-electron chi connectivity index (χ3n) is 2.26. The summed E-state index contributed by atoms with van der Waals surface area (Å²) in [5.41, 5.74) is 3.13. The number of benzene rings is 1. The maximum atomic E-state index is 5.84. The first-order valence-corrected chi connectivity index (χ1v) is 5.48. The highest BCUT2D eigenvalue weighted by Gasteiger charge is 2.04. The molecule has 0 atom stereocenters. The maximum absolute atomic E-state index is 5.84. The molecule has 0 aliphatic carbocycles. The number of nitrogens with zero attached hydrogens (tertiary/aromatic N) is 2. The van der Waals surface area contributed by atoms with Crippen molar-refractivity contribution >= 4 is 11.6 Å². The zero-order valence-corrected chi connectivity index (χ0v) is 10.1. The Bertz CT molecular complexity index is 459. The van der Waals surface area contributed by atoms with Crippen molar-refractivity contribution in [1.82, 2.24) is 15.1 Å². The number of hydrogen-bond donors (Lipinski definition) is 1. The first kappa shape index (κ1) is 11.2. The van der Waals surface area contributed by atoms with Gasteiger partial charge in [-0.15, -0.1) is 0 Å². The van der Waals surface area contributed by atoms with Gasteiger partial charge in [0, 0.05) is 22.8 Å². The van der Waals surface area contributed by atoms with E-state index in [-0.39, 0.29) is 0 Å². The molecule has 2 aromatic rings. The molecule has 16 heavy (non-hydrogen) atoms. The van der Waals surface area contributed by atoms with Crippen LogP contribution in [0.25, 0.3) is 11.3 Å². The topological polar surface area (TPSA) is 31.9 Å². The van der Waals surface area contributed by atoms with Gasteiger partial charge < -0.3 is 4.90 Å². The molecule has 0 radical (unpaired) electrons. The van der Waals surface area contributed by atoms with Gasteiger partial charge in [0.25, 0.3) is 0 Å². The van der Waals surface area contributed by atoms with Gasteiger partial charge in [-0.05, 0) is 32.3 Å². The van der Waals surface area contributed by atoms with Crippen LogP contribution in [0.3, 0.4) is 0 Å². The minimum atomic E-state index is 0.743. The summed E-state index contributed by atoms with van der Waals surface area (Å²) in [5.74, 6) is 0. The number of aromatic nitrogens is 2. The third kappa shape index (κ3) is 2.62. The van der Waals surface area contributed by atoms with E-state index in [1.807, 2.05) is 38.4 Å². The van der Waals surface area contributed by atoms with Crippen molar-refractivity contribution in [1.29, 1.82) is 0 Å². The van der Waals surface area contributed by atoms with Crippen LogP contribution in [0.2, 0.25) is 5.02 Å². The lowest BCUT2D eigenvalue weighted by Crippen LogP contribution is -2.10. The molecule has 0 bridgehead atoms. The quantitative estimate of drug-likeness (QED) is 0.887. The second kappa shape index (κ2) is 4.68. The highest BCUT2D eigenvalue weighted by molar-refractivity contribution is 6.30. The zero-order valence-electron chi connectivity index (χ0n) is 9.37. The smallest absolute Gasteiger partial charge is 0.0924 e. The second-order valence-electron chi connectivity index (χ2n) is 4.02. The van der Waals surface area contributed by atoms with Gasteiger partial charge in [0.15, 0.2) is 0 Å². The largest absolute Gasteiger partial charge is 0.304 e. The van der Waals surface area contributed by atoms with Crippen molar-refractivity contribution in [3.8, 4) is 11.3 Å². The summed E-state index contributed by atoms with van der Waals surface area (Å²) in [6.07, 6.45) is 0. The van der Waals surface area contributed by atoms with Gasteiger partial charge in [-0.3, -0.25) is 5.10 Å². The molecule has 0 amide bonds. The van der Waals surface area contributed by atoms with E-state index < -0.39 is 0 Å². The van der Waals surface area contributed by atoms with Crippen molar-refractivity contribution in [2.24, 2.45) is 0 Å². The molecule has 1 aromatic carbocycles. The van der Waals surface area contributed by atoms with E-state index >= 15 is 0 Å². The number of rotatable bonds is 3. The Morgan fingerprint density at radius 1 is 1.25 bits per heavy atom. The molecular weight excluding hydrogens is 222 g/mol. The summed E-state index contributed by atoms with van der Waals surface area (Å²) >= 11 is 5.84. The lowest BCUT2D eigenvalue weighted by molar-refractivity contribution is 0.396. The van der Waals surface area contributed by atoms with E-state index in [0.717, 1.165) is 28.5 Å². The van der Waals surface area contributed by atoms with Crippen LogP contribution in [0.15, 0.2) is 30.3 Å². The van der Waals surface area contributed by atoms with Gasteiger partial charge in [0.05, 0.1) is 5.69 Å². The van der Waals surface area contributed by atoms with Gasteiger partial charge in [-0.25, -0.2) is 0 Å². The van der Waals surface area contributed by atoms with E-state index in [1.54, 1.807) is 0 Å². The van der Waals surface area contributed by atoms with Crippen LogP contribution in [-0.2, 0) is 6.54 Å². The first-order valence-electron chi connectivity index (χ1n) is 5.10. The Labute approximate surface area is 100 Å². The lowest BCUT2D eigenvalue weighted by atomic mass is 10.1. The molecule has 0 aliphatic rings. The van der Waals surface area contributed by atoms with Crippen LogP contribution in [0.4, 0.5) is 0 Å². The Balaban J connectivity index is 2.21. The minimum absolute atomic E-state index is 0.743. The van der Waals surface area contributed by atoms with Crippen molar-refractivity contribution in [3.63, 3.8) is 0 Å². The van der Waals surface area contributed by atoms with Crippen molar-refractivity contribution in [2.45, 2.75) is 6.54 Å². The lowest BCUT2D eigenvalue weighted by Gasteiger charge is -2.05. The van der Waals surface area contributed by atoms with Gasteiger partial charge in [-0.2, -0.15) is 5.10 Å². The Morgan fingerprint density at radius 2 is 1.94 bits per heavy atom. The number of halogens is 1. The van der Waals surface area contributed by atoms with E-state index in [4.69, 9.17) is 11.6 Å². The van der Waals surface area contributed by atoms with Crippen LogP contribution in [0, 0.1) is 0 Å². The number of hydrogen-bond acceptors (Lipinski definition) is 2.